The van der Waals surface area contributed by atoms with Crippen LogP contribution in [0.3, 0.4) is 0 Å². The van der Waals surface area contributed by atoms with Gasteiger partial charge in [-0.2, -0.15) is 0 Å². The van der Waals surface area contributed by atoms with Crippen LogP contribution in [0.2, 0.25) is 0 Å². The van der Waals surface area contributed by atoms with Gasteiger partial charge in [-0.1, -0.05) is 0 Å². The number of carbonyl (C=O) groups is 3. The molecule has 0 radical (unpaired) electrons. The van der Waals surface area contributed by atoms with E-state index >= 15 is 0 Å². The minimum Gasteiger partial charge on any atom is -0.481 e. The second-order valence-electron chi connectivity index (χ2n) is 2.41. The van der Waals surface area contributed by atoms with Gasteiger partial charge in [-0.3, -0.25) is 14.4 Å². The number of rotatable bonds is 6. The summed E-state index contributed by atoms with van der Waals surface area (Å²) in [6, 6.07) is 0. The fraction of sp³-hybridized carbons (Fsp3) is 0.625. The Hall–Kier alpha value is -1.39. The Labute approximate surface area is 75.7 Å². The first-order valence-corrected chi connectivity index (χ1v) is 3.95. The maximum atomic E-state index is 10.9. The summed E-state index contributed by atoms with van der Waals surface area (Å²) in [5.74, 6) is -2.05. The molecular formula is C8H12O5. The number of hydrogen-bond donors (Lipinski definition) is 1. The standard InChI is InChI=1S/C8H12O5/c1-2-13-8(12)5-6(9)3-4-7(10)11/h2-5H2,1H3,(H,10,11)/i3+1,4+1,5+1,6+1,7+1. The van der Waals surface area contributed by atoms with E-state index in [1.165, 1.54) is 0 Å². The van der Waals surface area contributed by atoms with Gasteiger partial charge in [0.25, 0.3) is 0 Å². The van der Waals surface area contributed by atoms with Crippen molar-refractivity contribution < 1.29 is 24.2 Å². The minimum absolute atomic E-state index is 0.117. The Bertz CT molecular complexity index is 209. The molecule has 0 aliphatic rings. The van der Waals surface area contributed by atoms with E-state index in [9.17, 15) is 14.4 Å². The third kappa shape index (κ3) is 6.99. The van der Waals surface area contributed by atoms with Gasteiger partial charge in [0.15, 0.2) is 0 Å². The first-order chi connectivity index (χ1) is 6.06. The molecule has 0 fully saturated rings. The van der Waals surface area contributed by atoms with Crippen LogP contribution in [0.1, 0.15) is 26.2 Å². The molecule has 1 N–H and O–H groups in total. The topological polar surface area (TPSA) is 80.7 Å². The molecule has 74 valence electrons. The van der Waals surface area contributed by atoms with Crippen molar-refractivity contribution in [3.63, 3.8) is 0 Å². The van der Waals surface area contributed by atoms with Crippen molar-refractivity contribution in [1.29, 1.82) is 0 Å². The fourth-order valence-corrected chi connectivity index (χ4v) is 0.708. The van der Waals surface area contributed by atoms with Crippen molar-refractivity contribution in [2.24, 2.45) is 0 Å². The number of ether oxygens (including phenoxy) is 1. The number of carboxylic acid groups (broad SMARTS) is 1. The minimum atomic E-state index is -1.04. The zero-order chi connectivity index (χ0) is 10.3. The van der Waals surface area contributed by atoms with Gasteiger partial charge >= 0.3 is 11.9 Å². The van der Waals surface area contributed by atoms with Crippen molar-refractivity contribution in [2.45, 2.75) is 26.2 Å². The first-order valence-electron chi connectivity index (χ1n) is 3.95. The SMILES string of the molecule is CCOC(=O)[13CH2][13C](=O)[13CH2][13CH2][13C](=O)O. The van der Waals surface area contributed by atoms with E-state index in [0.29, 0.717) is 0 Å². The molecule has 0 aromatic carbocycles. The molecule has 0 bridgehead atoms. The maximum absolute atomic E-state index is 10.9. The van der Waals surface area contributed by atoms with Crippen molar-refractivity contribution in [1.82, 2.24) is 0 Å². The van der Waals surface area contributed by atoms with E-state index < -0.39 is 17.7 Å². The van der Waals surface area contributed by atoms with E-state index in [2.05, 4.69) is 4.74 Å². The molecular weight excluding hydrogens is 181 g/mol. The number of carbonyl (C=O) groups excluding carboxylic acids is 2. The summed E-state index contributed by atoms with van der Waals surface area (Å²) in [5, 5.41) is 8.23. The molecule has 0 unspecified atom stereocenters. The van der Waals surface area contributed by atoms with Crippen LogP contribution in [0.4, 0.5) is 0 Å². The van der Waals surface area contributed by atoms with E-state index in [-0.39, 0.29) is 25.9 Å². The van der Waals surface area contributed by atoms with E-state index in [4.69, 9.17) is 5.11 Å². The monoisotopic (exact) mass is 193 g/mol. The summed E-state index contributed by atoms with van der Waals surface area (Å²) in [6.45, 7) is 1.87. The second-order valence-corrected chi connectivity index (χ2v) is 2.41. The first kappa shape index (κ1) is 11.6. The summed E-state index contributed by atoms with van der Waals surface area (Å²) in [6.07, 6.45) is -0.687. The van der Waals surface area contributed by atoms with Crippen LogP contribution < -0.4 is 0 Å². The van der Waals surface area contributed by atoms with Crippen molar-refractivity contribution >= 4 is 17.7 Å². The lowest BCUT2D eigenvalue weighted by Crippen LogP contribution is -2.12. The Morgan fingerprint density at radius 2 is 1.85 bits per heavy atom. The van der Waals surface area contributed by atoms with Gasteiger partial charge in [0, 0.05) is 6.42 Å². The van der Waals surface area contributed by atoms with Gasteiger partial charge in [-0.25, -0.2) is 0 Å². The molecule has 0 aliphatic carbocycles. The maximum Gasteiger partial charge on any atom is 0.313 e. The molecule has 0 spiro atoms. The molecule has 0 amide bonds. The van der Waals surface area contributed by atoms with Crippen LogP contribution in [-0.4, -0.2) is 29.4 Å². The third-order valence-electron chi connectivity index (χ3n) is 1.26. The Balaban J connectivity index is 3.62. The number of ketones is 1. The normalized spacial score (nSPS) is 9.31. The summed E-state index contributed by atoms with van der Waals surface area (Å²) in [4.78, 5) is 31.6. The molecule has 13 heavy (non-hydrogen) atoms. The molecule has 5 nitrogen and oxygen atoms in total. The van der Waals surface area contributed by atoms with Crippen LogP contribution in [0.25, 0.3) is 0 Å². The van der Waals surface area contributed by atoms with Gasteiger partial charge in [-0.15, -0.1) is 0 Å². The zero-order valence-electron chi connectivity index (χ0n) is 7.41. The molecule has 0 aromatic heterocycles. The summed E-state index contributed by atoms with van der Waals surface area (Å²) < 4.78 is 4.51. The predicted molar refractivity (Wildman–Crippen MR) is 43.1 cm³/mol. The highest BCUT2D eigenvalue weighted by Gasteiger charge is 2.11. The third-order valence-corrected chi connectivity index (χ3v) is 1.26. The van der Waals surface area contributed by atoms with E-state index in [1.807, 2.05) is 0 Å². The number of aliphatic carboxylic acids is 1. The quantitative estimate of drug-likeness (QED) is 0.374. The lowest BCUT2D eigenvalue weighted by Gasteiger charge is -1.99. The van der Waals surface area contributed by atoms with Crippen molar-refractivity contribution in [3.8, 4) is 0 Å². The van der Waals surface area contributed by atoms with Gasteiger partial charge < -0.3 is 9.84 Å². The van der Waals surface area contributed by atoms with Crippen molar-refractivity contribution in [3.05, 3.63) is 0 Å². The average molecular weight is 193 g/mol. The number of esters is 1. The summed E-state index contributed by atoms with van der Waals surface area (Å²) in [7, 11) is 0. The number of hydrogen-bond acceptors (Lipinski definition) is 4. The Morgan fingerprint density at radius 1 is 1.23 bits per heavy atom. The fourth-order valence-electron chi connectivity index (χ4n) is 0.708. The highest BCUT2D eigenvalue weighted by Crippen LogP contribution is 1.97. The predicted octanol–water partition coefficient (Wildman–Crippen LogP) is 0.374. The smallest absolute Gasteiger partial charge is 0.313 e. The Kier molecular flexibility index (Phi) is 5.50. The highest BCUT2D eigenvalue weighted by atomic mass is 16.5. The number of Topliss-reactive ketones (excluding diaryl/α,β-unsaturated/α-hetero) is 1. The van der Waals surface area contributed by atoms with Crippen LogP contribution >= 0.6 is 0 Å². The largest absolute Gasteiger partial charge is 0.481 e. The molecule has 0 saturated heterocycles. The van der Waals surface area contributed by atoms with Crippen LogP contribution in [0.15, 0.2) is 0 Å². The summed E-state index contributed by atoms with van der Waals surface area (Å²) in [5.41, 5.74) is 0. The second kappa shape index (κ2) is 6.16. The highest BCUT2D eigenvalue weighted by molar-refractivity contribution is 5.96. The Morgan fingerprint density at radius 3 is 2.31 bits per heavy atom. The molecule has 0 rings (SSSR count). The van der Waals surface area contributed by atoms with Gasteiger partial charge in [0.2, 0.25) is 0 Å². The molecule has 0 aromatic rings. The van der Waals surface area contributed by atoms with E-state index in [1.54, 1.807) is 6.92 Å². The lowest BCUT2D eigenvalue weighted by atomic mass is 10.8. The van der Waals surface area contributed by atoms with E-state index in [0.717, 1.165) is 0 Å². The van der Waals surface area contributed by atoms with Gasteiger partial charge in [0.1, 0.15) is 12.2 Å². The molecule has 0 aliphatic heterocycles. The number of carboxylic acids is 1. The molecule has 5 heteroatoms. The van der Waals surface area contributed by atoms with Crippen LogP contribution in [-0.2, 0) is 19.1 Å². The average Bonchev–Trinajstić information content (AvgIpc) is 2.01. The zero-order valence-corrected chi connectivity index (χ0v) is 7.41. The van der Waals surface area contributed by atoms with Crippen LogP contribution in [0, 0.1) is 0 Å². The summed E-state index contributed by atoms with van der Waals surface area (Å²) >= 11 is 0. The van der Waals surface area contributed by atoms with Crippen LogP contribution in [0.5, 0.6) is 0 Å². The molecule has 0 heterocycles. The molecule has 0 atom stereocenters. The van der Waals surface area contributed by atoms with Gasteiger partial charge in [0.05, 0.1) is 13.0 Å². The van der Waals surface area contributed by atoms with Gasteiger partial charge in [-0.05, 0) is 6.92 Å². The van der Waals surface area contributed by atoms with Crippen molar-refractivity contribution in [2.75, 3.05) is 6.61 Å². The molecule has 0 saturated carbocycles. The lowest BCUT2D eigenvalue weighted by molar-refractivity contribution is -0.146.